The first-order valence-corrected chi connectivity index (χ1v) is 7.60. The summed E-state index contributed by atoms with van der Waals surface area (Å²) in [6.45, 7) is 0.478. The molecule has 25 heavy (non-hydrogen) atoms. The van der Waals surface area contributed by atoms with Crippen molar-refractivity contribution < 1.29 is 15.4 Å². The van der Waals surface area contributed by atoms with Gasteiger partial charge in [0.15, 0.2) is 0 Å². The highest BCUT2D eigenvalue weighted by Gasteiger charge is 2.30. The zero-order chi connectivity index (χ0) is 18.1. The lowest BCUT2D eigenvalue weighted by atomic mass is 9.87. The monoisotopic (exact) mass is 341 g/mol. The quantitative estimate of drug-likeness (QED) is 0.549. The molecule has 1 aromatic heterocycles. The second kappa shape index (κ2) is 8.60. The predicted octanol–water partition coefficient (Wildman–Crippen LogP) is 2.67. The van der Waals surface area contributed by atoms with Gasteiger partial charge in [-0.3, -0.25) is 0 Å². The molecule has 7 nitrogen and oxygen atoms in total. The third kappa shape index (κ3) is 5.74. The number of aromatic nitrogens is 2. The van der Waals surface area contributed by atoms with Crippen LogP contribution >= 0.6 is 0 Å². The van der Waals surface area contributed by atoms with E-state index in [4.69, 9.17) is 15.3 Å². The molecular formula is C18H19N3O4. The van der Waals surface area contributed by atoms with Crippen molar-refractivity contribution in [3.63, 3.8) is 0 Å². The molecule has 0 aliphatic carbocycles. The van der Waals surface area contributed by atoms with Gasteiger partial charge in [-0.05, 0) is 11.1 Å². The van der Waals surface area contributed by atoms with Crippen LogP contribution in [0.25, 0.3) is 0 Å². The highest BCUT2D eigenvalue weighted by Crippen LogP contribution is 2.27. The van der Waals surface area contributed by atoms with Crippen molar-refractivity contribution in [3.8, 4) is 0 Å². The Kier molecular flexibility index (Phi) is 6.25. The fourth-order valence-corrected chi connectivity index (χ4v) is 2.61. The van der Waals surface area contributed by atoms with Crippen molar-refractivity contribution >= 4 is 0 Å². The fraction of sp³-hybridized carbons (Fsp3) is 0.167. The number of imidazole rings is 1. The molecule has 0 saturated heterocycles. The maximum absolute atomic E-state index is 11.3. The molecule has 7 heteroatoms. The minimum atomic E-state index is -1.50. The molecule has 0 spiro atoms. The highest BCUT2D eigenvalue weighted by atomic mass is 16.9. The second-order valence-electron chi connectivity index (χ2n) is 5.53. The van der Waals surface area contributed by atoms with Gasteiger partial charge in [-0.15, -0.1) is 10.1 Å². The molecule has 0 aliphatic heterocycles. The van der Waals surface area contributed by atoms with E-state index in [1.165, 1.54) is 0 Å². The van der Waals surface area contributed by atoms with Gasteiger partial charge < -0.3 is 14.9 Å². The molecule has 1 unspecified atom stereocenters. The van der Waals surface area contributed by atoms with E-state index in [1.807, 2.05) is 71.4 Å². The minimum Gasteiger partial charge on any atom is -0.383 e. The van der Waals surface area contributed by atoms with Crippen molar-refractivity contribution in [1.29, 1.82) is 0 Å². The van der Waals surface area contributed by atoms with Crippen molar-refractivity contribution in [2.75, 3.05) is 0 Å². The summed E-state index contributed by atoms with van der Waals surface area (Å²) in [6.07, 6.45) is 5.90. The van der Waals surface area contributed by atoms with Crippen LogP contribution in [0.2, 0.25) is 0 Å². The Balaban J connectivity index is 0.000000511. The van der Waals surface area contributed by atoms with Gasteiger partial charge in [0.1, 0.15) is 5.60 Å². The Morgan fingerprint density at radius 2 is 1.64 bits per heavy atom. The van der Waals surface area contributed by atoms with Gasteiger partial charge in [-0.1, -0.05) is 60.7 Å². The first-order valence-electron chi connectivity index (χ1n) is 7.60. The molecule has 0 saturated carbocycles. The molecule has 3 aromatic rings. The van der Waals surface area contributed by atoms with Gasteiger partial charge in [0.2, 0.25) is 0 Å². The zero-order valence-electron chi connectivity index (χ0n) is 13.5. The molecule has 0 bridgehead atoms. The maximum atomic E-state index is 11.3. The Hall–Kier alpha value is -3.19. The number of benzene rings is 2. The van der Waals surface area contributed by atoms with E-state index in [0.717, 1.165) is 11.1 Å². The third-order valence-corrected chi connectivity index (χ3v) is 3.65. The molecule has 3 rings (SSSR count). The Morgan fingerprint density at radius 1 is 1.08 bits per heavy atom. The van der Waals surface area contributed by atoms with Crippen molar-refractivity contribution in [1.82, 2.24) is 9.55 Å². The largest absolute Gasteiger partial charge is 0.383 e. The fourth-order valence-electron chi connectivity index (χ4n) is 2.61. The van der Waals surface area contributed by atoms with Crippen LogP contribution in [0.3, 0.4) is 0 Å². The molecule has 2 aromatic carbocycles. The number of rotatable bonds is 5. The van der Waals surface area contributed by atoms with Gasteiger partial charge in [0.05, 0.1) is 12.9 Å². The van der Waals surface area contributed by atoms with E-state index < -0.39 is 10.7 Å². The van der Waals surface area contributed by atoms with Crippen molar-refractivity contribution in [2.24, 2.45) is 0 Å². The van der Waals surface area contributed by atoms with Crippen LogP contribution in [-0.2, 0) is 18.6 Å². The first-order chi connectivity index (χ1) is 12.0. The van der Waals surface area contributed by atoms with E-state index in [0.29, 0.717) is 13.0 Å². The number of hydrogen-bond acceptors (Lipinski definition) is 4. The van der Waals surface area contributed by atoms with Gasteiger partial charge in [0, 0.05) is 18.8 Å². The zero-order valence-corrected chi connectivity index (χ0v) is 13.5. The summed E-state index contributed by atoms with van der Waals surface area (Å²) >= 11 is 0. The summed E-state index contributed by atoms with van der Waals surface area (Å²) in [5, 5.41) is 24.9. The first kappa shape index (κ1) is 18.2. The average Bonchev–Trinajstić information content (AvgIpc) is 3.09. The average molecular weight is 341 g/mol. The van der Waals surface area contributed by atoms with E-state index in [1.54, 1.807) is 12.5 Å². The summed E-state index contributed by atoms with van der Waals surface area (Å²) in [5.74, 6) is 0. The SMILES string of the molecule is O=[N+]([O-])O.OC(Cc1ccccc1)(Cn1ccnc1)c1ccccc1. The summed E-state index contributed by atoms with van der Waals surface area (Å²) < 4.78 is 1.91. The number of aliphatic hydroxyl groups is 1. The van der Waals surface area contributed by atoms with Crippen LogP contribution in [0.1, 0.15) is 11.1 Å². The molecule has 130 valence electrons. The summed E-state index contributed by atoms with van der Waals surface area (Å²) in [6, 6.07) is 19.9. The van der Waals surface area contributed by atoms with E-state index in [9.17, 15) is 5.11 Å². The predicted molar refractivity (Wildman–Crippen MR) is 91.5 cm³/mol. The third-order valence-electron chi connectivity index (χ3n) is 3.65. The standard InChI is InChI=1S/C18H18N2O.HNO3/c21-18(14-20-12-11-19-15-20,17-9-5-2-6-10-17)13-16-7-3-1-4-8-16;2-1(3)4/h1-12,15,21H,13-14H2;(H,2,3,4). The van der Waals surface area contributed by atoms with Crippen LogP contribution in [0.15, 0.2) is 79.4 Å². The maximum Gasteiger partial charge on any atom is 0.291 e. The van der Waals surface area contributed by atoms with Crippen LogP contribution in [0.5, 0.6) is 0 Å². The van der Waals surface area contributed by atoms with E-state index in [2.05, 4.69) is 4.98 Å². The topological polar surface area (TPSA) is 101 Å². The normalized spacial score (nSPS) is 12.5. The van der Waals surface area contributed by atoms with E-state index >= 15 is 0 Å². The van der Waals surface area contributed by atoms with Gasteiger partial charge in [0.25, 0.3) is 5.09 Å². The minimum absolute atomic E-state index is 0.478. The molecule has 0 aliphatic rings. The summed E-state index contributed by atoms with van der Waals surface area (Å²) in [7, 11) is 0. The van der Waals surface area contributed by atoms with Gasteiger partial charge in [-0.25, -0.2) is 4.98 Å². The lowest BCUT2D eigenvalue weighted by Crippen LogP contribution is -2.33. The lowest BCUT2D eigenvalue weighted by molar-refractivity contribution is -0.742. The smallest absolute Gasteiger partial charge is 0.291 e. The lowest BCUT2D eigenvalue weighted by Gasteiger charge is -2.29. The summed E-state index contributed by atoms with van der Waals surface area (Å²) in [5.41, 5.74) is 1.08. The molecule has 1 atom stereocenters. The van der Waals surface area contributed by atoms with Crippen LogP contribution in [-0.4, -0.2) is 25.0 Å². The van der Waals surface area contributed by atoms with Crippen molar-refractivity contribution in [3.05, 3.63) is 101 Å². The van der Waals surface area contributed by atoms with Crippen LogP contribution < -0.4 is 0 Å². The molecule has 0 fully saturated rings. The number of nitrogens with zero attached hydrogens (tertiary/aromatic N) is 3. The molecular weight excluding hydrogens is 322 g/mol. The van der Waals surface area contributed by atoms with E-state index in [-0.39, 0.29) is 0 Å². The number of hydrogen-bond donors (Lipinski definition) is 2. The molecule has 1 heterocycles. The second-order valence-corrected chi connectivity index (χ2v) is 5.53. The van der Waals surface area contributed by atoms with Crippen LogP contribution in [0, 0.1) is 10.1 Å². The van der Waals surface area contributed by atoms with Gasteiger partial charge in [-0.2, -0.15) is 0 Å². The van der Waals surface area contributed by atoms with Crippen molar-refractivity contribution in [2.45, 2.75) is 18.6 Å². The van der Waals surface area contributed by atoms with Gasteiger partial charge >= 0.3 is 0 Å². The van der Waals surface area contributed by atoms with Crippen LogP contribution in [0.4, 0.5) is 0 Å². The Bertz CT molecular complexity index is 760. The Labute approximate surface area is 144 Å². The molecule has 0 amide bonds. The molecule has 0 radical (unpaired) electrons. The highest BCUT2D eigenvalue weighted by molar-refractivity contribution is 5.26. The Morgan fingerprint density at radius 3 is 2.16 bits per heavy atom. The molecule has 2 N–H and O–H groups in total. The summed E-state index contributed by atoms with van der Waals surface area (Å²) in [4.78, 5) is 12.4.